The lowest BCUT2D eigenvalue weighted by atomic mass is 10.1. The number of nitrogens with one attached hydrogen (secondary N) is 2. The summed E-state index contributed by atoms with van der Waals surface area (Å²) in [6.45, 7) is 0.878. The fraction of sp³-hybridized carbons (Fsp3) is 0.750. The molecule has 0 aromatic rings. The highest BCUT2D eigenvalue weighted by atomic mass is 19.3. The first-order chi connectivity index (χ1) is 6.82. The van der Waals surface area contributed by atoms with Gasteiger partial charge in [0.1, 0.15) is 6.04 Å². The van der Waals surface area contributed by atoms with E-state index in [1.54, 1.807) is 0 Å². The van der Waals surface area contributed by atoms with Gasteiger partial charge in [0, 0.05) is 6.42 Å². The van der Waals surface area contributed by atoms with Crippen LogP contribution in [-0.4, -0.2) is 36.4 Å². The minimum Gasteiger partial charge on any atom is -0.368 e. The van der Waals surface area contributed by atoms with E-state index < -0.39 is 42.8 Å². The summed E-state index contributed by atoms with van der Waals surface area (Å²) in [7, 11) is 0. The van der Waals surface area contributed by atoms with E-state index in [-0.39, 0.29) is 0 Å². The number of carbonyl (C=O) groups is 2. The van der Waals surface area contributed by atoms with Crippen LogP contribution in [0.1, 0.15) is 13.3 Å². The Hall–Kier alpha value is -1.24. The number of primary amides is 1. The van der Waals surface area contributed by atoms with E-state index in [0.717, 1.165) is 0 Å². The van der Waals surface area contributed by atoms with Crippen molar-refractivity contribution in [3.05, 3.63) is 0 Å². The summed E-state index contributed by atoms with van der Waals surface area (Å²) in [5.74, 6) is -4.19. The highest BCUT2D eigenvalue weighted by molar-refractivity contribution is 5.88. The van der Waals surface area contributed by atoms with Gasteiger partial charge in [-0.05, 0) is 6.92 Å². The van der Waals surface area contributed by atoms with Crippen LogP contribution >= 0.6 is 0 Å². The summed E-state index contributed by atoms with van der Waals surface area (Å²) < 4.78 is 25.4. The van der Waals surface area contributed by atoms with Gasteiger partial charge in [0.2, 0.25) is 11.8 Å². The maximum atomic E-state index is 12.7. The second kappa shape index (κ2) is 4.09. The standard InChI is InChI=1S/C8H13F2N3O2/c1-4(6(11)14)13-7(15)5-2-8(9,10)3-12-5/h4-5,12H,2-3H2,1H3,(H2,11,14)(H,13,15)/t4-,5?/m0/s1. The number of amides is 2. The van der Waals surface area contributed by atoms with Gasteiger partial charge in [-0.25, -0.2) is 8.78 Å². The Bertz CT molecular complexity index is 283. The molecule has 0 aromatic carbocycles. The summed E-state index contributed by atoms with van der Waals surface area (Å²) in [4.78, 5) is 21.9. The van der Waals surface area contributed by atoms with Crippen LogP contribution in [0.2, 0.25) is 0 Å². The molecular weight excluding hydrogens is 208 g/mol. The molecule has 4 N–H and O–H groups in total. The molecule has 5 nitrogen and oxygen atoms in total. The van der Waals surface area contributed by atoms with Crippen LogP contribution < -0.4 is 16.4 Å². The van der Waals surface area contributed by atoms with Crippen molar-refractivity contribution < 1.29 is 18.4 Å². The lowest BCUT2D eigenvalue weighted by Crippen LogP contribution is -2.48. The molecule has 15 heavy (non-hydrogen) atoms. The van der Waals surface area contributed by atoms with Gasteiger partial charge in [0.15, 0.2) is 0 Å². The van der Waals surface area contributed by atoms with Gasteiger partial charge in [-0.3, -0.25) is 14.9 Å². The predicted octanol–water partition coefficient (Wildman–Crippen LogP) is -1.03. The molecule has 1 aliphatic heterocycles. The average molecular weight is 221 g/mol. The molecule has 0 saturated carbocycles. The SMILES string of the molecule is C[C@H](NC(=O)C1CC(F)(F)CN1)C(N)=O. The fourth-order valence-electron chi connectivity index (χ4n) is 1.29. The molecule has 0 radical (unpaired) electrons. The largest absolute Gasteiger partial charge is 0.368 e. The fourth-order valence-corrected chi connectivity index (χ4v) is 1.29. The van der Waals surface area contributed by atoms with Crippen molar-refractivity contribution >= 4 is 11.8 Å². The first kappa shape index (κ1) is 11.8. The van der Waals surface area contributed by atoms with Gasteiger partial charge in [-0.1, -0.05) is 0 Å². The van der Waals surface area contributed by atoms with Crippen LogP contribution in [0.4, 0.5) is 8.78 Å². The lowest BCUT2D eigenvalue weighted by molar-refractivity contribution is -0.128. The molecule has 7 heteroatoms. The normalized spacial score (nSPS) is 25.9. The van der Waals surface area contributed by atoms with Gasteiger partial charge < -0.3 is 11.1 Å². The summed E-state index contributed by atoms with van der Waals surface area (Å²) in [5.41, 5.74) is 4.91. The number of hydrogen-bond donors (Lipinski definition) is 3. The topological polar surface area (TPSA) is 84.2 Å². The number of halogens is 2. The first-order valence-corrected chi connectivity index (χ1v) is 4.53. The maximum absolute atomic E-state index is 12.7. The summed E-state index contributed by atoms with van der Waals surface area (Å²) in [6.07, 6.45) is -0.551. The molecule has 0 bridgehead atoms. The van der Waals surface area contributed by atoms with Crippen molar-refractivity contribution in [3.8, 4) is 0 Å². The summed E-state index contributed by atoms with van der Waals surface area (Å²) in [5, 5.41) is 4.63. The summed E-state index contributed by atoms with van der Waals surface area (Å²) in [6, 6.07) is -1.81. The molecule has 1 unspecified atom stereocenters. The Kier molecular flexibility index (Phi) is 3.23. The molecule has 2 amide bonds. The van der Waals surface area contributed by atoms with Gasteiger partial charge in [0.25, 0.3) is 5.92 Å². The van der Waals surface area contributed by atoms with Crippen LogP contribution in [0, 0.1) is 0 Å². The minimum absolute atomic E-state index is 0.518. The second-order valence-electron chi connectivity index (χ2n) is 3.63. The van der Waals surface area contributed by atoms with Crippen molar-refractivity contribution in [1.82, 2.24) is 10.6 Å². The van der Waals surface area contributed by atoms with E-state index in [4.69, 9.17) is 5.73 Å². The van der Waals surface area contributed by atoms with E-state index in [1.807, 2.05) is 0 Å². The predicted molar refractivity (Wildman–Crippen MR) is 48.2 cm³/mol. The van der Waals surface area contributed by atoms with Crippen LogP contribution in [0.5, 0.6) is 0 Å². The third-order valence-corrected chi connectivity index (χ3v) is 2.21. The van der Waals surface area contributed by atoms with E-state index >= 15 is 0 Å². The molecule has 1 heterocycles. The molecule has 1 rings (SSSR count). The zero-order valence-electron chi connectivity index (χ0n) is 8.22. The monoisotopic (exact) mass is 221 g/mol. The van der Waals surface area contributed by atoms with E-state index in [2.05, 4.69) is 10.6 Å². The smallest absolute Gasteiger partial charge is 0.262 e. The second-order valence-corrected chi connectivity index (χ2v) is 3.63. The number of alkyl halides is 2. The molecule has 0 spiro atoms. The zero-order valence-corrected chi connectivity index (χ0v) is 8.22. The Morgan fingerprint density at radius 1 is 1.60 bits per heavy atom. The number of nitrogens with two attached hydrogens (primary N) is 1. The van der Waals surface area contributed by atoms with E-state index in [0.29, 0.717) is 0 Å². The molecule has 1 fully saturated rings. The minimum atomic E-state index is -2.86. The number of carbonyl (C=O) groups excluding carboxylic acids is 2. The Morgan fingerprint density at radius 2 is 2.20 bits per heavy atom. The van der Waals surface area contributed by atoms with Crippen molar-refractivity contribution in [2.75, 3.05) is 6.54 Å². The van der Waals surface area contributed by atoms with Crippen molar-refractivity contribution in [2.24, 2.45) is 5.73 Å². The van der Waals surface area contributed by atoms with Crippen molar-refractivity contribution in [2.45, 2.75) is 31.4 Å². The molecule has 2 atom stereocenters. The highest BCUT2D eigenvalue weighted by Gasteiger charge is 2.42. The lowest BCUT2D eigenvalue weighted by Gasteiger charge is -2.14. The molecule has 0 aliphatic carbocycles. The van der Waals surface area contributed by atoms with Gasteiger partial charge >= 0.3 is 0 Å². The third-order valence-electron chi connectivity index (χ3n) is 2.21. The number of hydrogen-bond acceptors (Lipinski definition) is 3. The van der Waals surface area contributed by atoms with E-state index in [9.17, 15) is 18.4 Å². The Morgan fingerprint density at radius 3 is 2.60 bits per heavy atom. The maximum Gasteiger partial charge on any atom is 0.262 e. The molecule has 1 saturated heterocycles. The van der Waals surface area contributed by atoms with Crippen LogP contribution in [0.25, 0.3) is 0 Å². The van der Waals surface area contributed by atoms with Crippen molar-refractivity contribution in [3.63, 3.8) is 0 Å². The van der Waals surface area contributed by atoms with Gasteiger partial charge in [0.05, 0.1) is 12.6 Å². The van der Waals surface area contributed by atoms with Crippen LogP contribution in [0.15, 0.2) is 0 Å². The molecule has 1 aliphatic rings. The van der Waals surface area contributed by atoms with Crippen molar-refractivity contribution in [1.29, 1.82) is 0 Å². The quantitative estimate of drug-likeness (QED) is 0.570. The molecule has 86 valence electrons. The zero-order chi connectivity index (χ0) is 11.6. The van der Waals surface area contributed by atoms with Crippen LogP contribution in [0.3, 0.4) is 0 Å². The van der Waals surface area contributed by atoms with Gasteiger partial charge in [-0.15, -0.1) is 0 Å². The van der Waals surface area contributed by atoms with E-state index in [1.165, 1.54) is 6.92 Å². The Labute approximate surface area is 85.4 Å². The first-order valence-electron chi connectivity index (χ1n) is 4.53. The average Bonchev–Trinajstić information content (AvgIpc) is 2.45. The number of rotatable bonds is 3. The van der Waals surface area contributed by atoms with Crippen LogP contribution in [-0.2, 0) is 9.59 Å². The Balaban J connectivity index is 2.46. The molecular formula is C8H13F2N3O2. The molecule has 0 aromatic heterocycles. The summed E-state index contributed by atoms with van der Waals surface area (Å²) >= 11 is 0. The van der Waals surface area contributed by atoms with Gasteiger partial charge in [-0.2, -0.15) is 0 Å². The third kappa shape index (κ3) is 3.12. The highest BCUT2D eigenvalue weighted by Crippen LogP contribution is 2.24.